The van der Waals surface area contributed by atoms with Crippen molar-refractivity contribution in [2.45, 2.75) is 13.8 Å². The fraction of sp³-hybridized carbons (Fsp3) is 0.231. The minimum Gasteiger partial charge on any atom is -0.361 e. The van der Waals surface area contributed by atoms with Gasteiger partial charge in [0.1, 0.15) is 0 Å². The van der Waals surface area contributed by atoms with Crippen LogP contribution in [-0.4, -0.2) is 15.6 Å². The zero-order valence-corrected chi connectivity index (χ0v) is 10.1. The first-order valence-electron chi connectivity index (χ1n) is 5.33. The highest BCUT2D eigenvalue weighted by atomic mass is 16.1. The highest BCUT2D eigenvalue weighted by molar-refractivity contribution is 5.98. The molecule has 0 spiro atoms. The SMILES string of the molecule is Cc1cc(C)c2c(C=[N+]=[N-])cc(=O)n(C)c2c1. The Bertz CT molecular complexity index is 707. The van der Waals surface area contributed by atoms with Gasteiger partial charge in [-0.25, -0.2) is 0 Å². The van der Waals surface area contributed by atoms with Crippen molar-refractivity contribution in [1.29, 1.82) is 0 Å². The van der Waals surface area contributed by atoms with Crippen LogP contribution in [0.5, 0.6) is 0 Å². The molecule has 0 saturated carbocycles. The van der Waals surface area contributed by atoms with Crippen molar-refractivity contribution >= 4 is 17.1 Å². The van der Waals surface area contributed by atoms with Gasteiger partial charge in [-0.15, -0.1) is 0 Å². The number of aromatic nitrogens is 1. The summed E-state index contributed by atoms with van der Waals surface area (Å²) in [4.78, 5) is 14.8. The lowest BCUT2D eigenvalue weighted by atomic mass is 10.0. The molecule has 17 heavy (non-hydrogen) atoms. The van der Waals surface area contributed by atoms with Crippen LogP contribution < -0.4 is 5.56 Å². The van der Waals surface area contributed by atoms with Crippen molar-refractivity contribution < 1.29 is 4.79 Å². The Hall–Kier alpha value is -2.19. The van der Waals surface area contributed by atoms with Crippen molar-refractivity contribution in [3.8, 4) is 0 Å². The van der Waals surface area contributed by atoms with Gasteiger partial charge in [0.05, 0.1) is 11.1 Å². The summed E-state index contributed by atoms with van der Waals surface area (Å²) in [5.74, 6) is 0. The number of hydrogen-bond acceptors (Lipinski definition) is 1. The van der Waals surface area contributed by atoms with Crippen molar-refractivity contribution in [2.75, 3.05) is 0 Å². The van der Waals surface area contributed by atoms with E-state index in [2.05, 4.69) is 4.79 Å². The van der Waals surface area contributed by atoms with Crippen LogP contribution in [0.1, 0.15) is 16.7 Å². The molecule has 86 valence electrons. The van der Waals surface area contributed by atoms with Gasteiger partial charge in [-0.05, 0) is 31.0 Å². The highest BCUT2D eigenvalue weighted by Gasteiger charge is 2.10. The van der Waals surface area contributed by atoms with Crippen molar-refractivity contribution in [3.05, 3.63) is 50.8 Å². The maximum Gasteiger partial charge on any atom is 0.288 e. The van der Waals surface area contributed by atoms with Gasteiger partial charge in [0.15, 0.2) is 0 Å². The van der Waals surface area contributed by atoms with Gasteiger partial charge in [-0.3, -0.25) is 4.79 Å². The molecule has 0 unspecified atom stereocenters. The zero-order valence-electron chi connectivity index (χ0n) is 10.1. The lowest BCUT2D eigenvalue weighted by Crippen LogP contribution is -2.17. The van der Waals surface area contributed by atoms with E-state index in [1.165, 1.54) is 12.3 Å². The van der Waals surface area contributed by atoms with Crippen LogP contribution in [0.3, 0.4) is 0 Å². The summed E-state index contributed by atoms with van der Waals surface area (Å²) >= 11 is 0. The second-order valence-corrected chi connectivity index (χ2v) is 4.22. The van der Waals surface area contributed by atoms with Crippen LogP contribution in [0.4, 0.5) is 0 Å². The summed E-state index contributed by atoms with van der Waals surface area (Å²) < 4.78 is 1.60. The third-order valence-corrected chi connectivity index (χ3v) is 2.92. The molecule has 0 aliphatic rings. The van der Waals surface area contributed by atoms with E-state index in [0.29, 0.717) is 5.56 Å². The smallest absolute Gasteiger partial charge is 0.288 e. The fourth-order valence-corrected chi connectivity index (χ4v) is 2.17. The van der Waals surface area contributed by atoms with Crippen LogP contribution in [0.2, 0.25) is 0 Å². The van der Waals surface area contributed by atoms with E-state index in [9.17, 15) is 4.79 Å². The Morgan fingerprint density at radius 2 is 2.00 bits per heavy atom. The van der Waals surface area contributed by atoms with Crippen LogP contribution in [0.25, 0.3) is 16.4 Å². The van der Waals surface area contributed by atoms with E-state index in [4.69, 9.17) is 5.53 Å². The Morgan fingerprint density at radius 1 is 1.29 bits per heavy atom. The lowest BCUT2D eigenvalue weighted by molar-refractivity contribution is 0.00465. The molecule has 0 fully saturated rings. The summed E-state index contributed by atoms with van der Waals surface area (Å²) in [5, 5.41) is 0.940. The minimum absolute atomic E-state index is 0.114. The van der Waals surface area contributed by atoms with Gasteiger partial charge in [-0.1, -0.05) is 6.07 Å². The molecular formula is C13H13N3O. The van der Waals surface area contributed by atoms with Gasteiger partial charge in [0.2, 0.25) is 0 Å². The Labute approximate surface area is 98.7 Å². The summed E-state index contributed by atoms with van der Waals surface area (Å²) in [7, 11) is 1.74. The molecule has 2 rings (SSSR count). The molecule has 0 atom stereocenters. The number of pyridine rings is 1. The Kier molecular flexibility index (Phi) is 2.66. The topological polar surface area (TPSA) is 58.4 Å². The van der Waals surface area contributed by atoms with E-state index in [0.717, 1.165) is 22.0 Å². The van der Waals surface area contributed by atoms with Gasteiger partial charge in [-0.2, -0.15) is 4.79 Å². The molecule has 0 N–H and O–H groups in total. The quantitative estimate of drug-likeness (QED) is 0.416. The largest absolute Gasteiger partial charge is 0.361 e. The van der Waals surface area contributed by atoms with Gasteiger partial charge in [0.25, 0.3) is 11.8 Å². The Morgan fingerprint density at radius 3 is 2.65 bits per heavy atom. The third kappa shape index (κ3) is 1.79. The number of benzene rings is 1. The first kappa shape index (κ1) is 11.3. The average molecular weight is 227 g/mol. The van der Waals surface area contributed by atoms with Crippen molar-refractivity contribution in [1.82, 2.24) is 4.57 Å². The molecule has 2 aromatic rings. The van der Waals surface area contributed by atoms with E-state index >= 15 is 0 Å². The number of hydrogen-bond donors (Lipinski definition) is 0. The van der Waals surface area contributed by atoms with Crippen LogP contribution in [0.15, 0.2) is 23.0 Å². The molecule has 0 aliphatic heterocycles. The van der Waals surface area contributed by atoms with Crippen molar-refractivity contribution in [3.63, 3.8) is 0 Å². The first-order chi connectivity index (χ1) is 8.04. The monoisotopic (exact) mass is 227 g/mol. The van der Waals surface area contributed by atoms with Gasteiger partial charge in [0, 0.05) is 18.5 Å². The van der Waals surface area contributed by atoms with Crippen LogP contribution in [0, 0.1) is 13.8 Å². The molecule has 0 aliphatic carbocycles. The second-order valence-electron chi connectivity index (χ2n) is 4.22. The average Bonchev–Trinajstić information content (AvgIpc) is 2.25. The van der Waals surface area contributed by atoms with Crippen LogP contribution in [-0.2, 0) is 7.05 Å². The molecular weight excluding hydrogens is 214 g/mol. The highest BCUT2D eigenvalue weighted by Crippen LogP contribution is 2.21. The third-order valence-electron chi connectivity index (χ3n) is 2.92. The molecule has 0 bridgehead atoms. The number of fused-ring (bicyclic) bond motifs is 1. The standard InChI is InChI=1S/C13H13N3O/c1-8-4-9(2)13-10(7-15-14)6-12(17)16(3)11(13)5-8/h4-7H,1-3H3. The van der Waals surface area contributed by atoms with Crippen molar-refractivity contribution in [2.24, 2.45) is 7.05 Å². The normalized spacial score (nSPS) is 10.3. The number of aryl methyl sites for hydroxylation is 3. The van der Waals surface area contributed by atoms with E-state index in [1.807, 2.05) is 26.0 Å². The van der Waals surface area contributed by atoms with E-state index in [1.54, 1.807) is 11.6 Å². The zero-order chi connectivity index (χ0) is 12.6. The number of nitrogens with zero attached hydrogens (tertiary/aromatic N) is 3. The van der Waals surface area contributed by atoms with Gasteiger partial charge >= 0.3 is 0 Å². The molecule has 1 aromatic carbocycles. The Balaban J connectivity index is 3.09. The predicted octanol–water partition coefficient (Wildman–Crippen LogP) is 1.80. The molecule has 1 heterocycles. The van der Waals surface area contributed by atoms with E-state index in [-0.39, 0.29) is 5.56 Å². The van der Waals surface area contributed by atoms with E-state index < -0.39 is 0 Å². The number of rotatable bonds is 1. The molecule has 1 aromatic heterocycles. The summed E-state index contributed by atoms with van der Waals surface area (Å²) in [5.41, 5.74) is 12.2. The minimum atomic E-state index is -0.114. The molecule has 0 radical (unpaired) electrons. The van der Waals surface area contributed by atoms with Crippen LogP contribution >= 0.6 is 0 Å². The first-order valence-corrected chi connectivity index (χ1v) is 5.33. The maximum absolute atomic E-state index is 11.8. The maximum atomic E-state index is 11.8. The van der Waals surface area contributed by atoms with Gasteiger partial charge < -0.3 is 10.1 Å². The molecule has 0 saturated heterocycles. The second kappa shape index (κ2) is 4.00. The lowest BCUT2D eigenvalue weighted by Gasteiger charge is -2.09. The summed E-state index contributed by atoms with van der Waals surface area (Å²) in [6.07, 6.45) is 1.30. The predicted molar refractivity (Wildman–Crippen MR) is 67.4 cm³/mol. The molecule has 4 nitrogen and oxygen atoms in total. The molecule has 4 heteroatoms. The summed E-state index contributed by atoms with van der Waals surface area (Å²) in [6, 6.07) is 5.48. The molecule has 0 amide bonds. The fourth-order valence-electron chi connectivity index (χ4n) is 2.17. The summed E-state index contributed by atoms with van der Waals surface area (Å²) in [6.45, 7) is 3.97.